The Kier molecular flexibility index (Phi) is 4.18. The number of hydrogen-bond donors (Lipinski definition) is 1. The van der Waals surface area contributed by atoms with Crippen molar-refractivity contribution in [2.75, 3.05) is 5.32 Å². The van der Waals surface area contributed by atoms with Crippen molar-refractivity contribution < 1.29 is 13.6 Å². The van der Waals surface area contributed by atoms with E-state index in [-0.39, 0.29) is 5.56 Å². The van der Waals surface area contributed by atoms with Crippen LogP contribution in [0.5, 0.6) is 0 Å². The molecule has 0 heterocycles. The summed E-state index contributed by atoms with van der Waals surface area (Å²) < 4.78 is 27.6. The predicted molar refractivity (Wildman–Crippen MR) is 77.9 cm³/mol. The van der Waals surface area contributed by atoms with Gasteiger partial charge in [-0.25, -0.2) is 8.78 Å². The molecule has 0 saturated carbocycles. The maximum Gasteiger partial charge on any atom is 0.258 e. The van der Waals surface area contributed by atoms with Crippen molar-refractivity contribution in [2.45, 2.75) is 13.8 Å². The summed E-state index contributed by atoms with van der Waals surface area (Å²) in [6, 6.07) is 7.02. The molecule has 0 radical (unpaired) electrons. The van der Waals surface area contributed by atoms with Crippen molar-refractivity contribution >= 4 is 27.5 Å². The van der Waals surface area contributed by atoms with E-state index in [4.69, 9.17) is 0 Å². The second-order valence-electron chi connectivity index (χ2n) is 4.48. The largest absolute Gasteiger partial charge is 0.322 e. The van der Waals surface area contributed by atoms with Gasteiger partial charge in [-0.1, -0.05) is 22.0 Å². The van der Waals surface area contributed by atoms with E-state index in [1.165, 1.54) is 12.1 Å². The van der Waals surface area contributed by atoms with Gasteiger partial charge >= 0.3 is 0 Å². The number of halogens is 3. The van der Waals surface area contributed by atoms with E-state index >= 15 is 0 Å². The number of hydrogen-bond acceptors (Lipinski definition) is 1. The van der Waals surface area contributed by atoms with Crippen molar-refractivity contribution in [1.29, 1.82) is 0 Å². The first kappa shape index (κ1) is 14.7. The zero-order valence-corrected chi connectivity index (χ0v) is 12.5. The summed E-state index contributed by atoms with van der Waals surface area (Å²) in [4.78, 5) is 12.0. The van der Waals surface area contributed by atoms with Gasteiger partial charge in [0, 0.05) is 10.2 Å². The zero-order valence-electron chi connectivity index (χ0n) is 10.9. The van der Waals surface area contributed by atoms with Crippen molar-refractivity contribution in [3.8, 4) is 0 Å². The van der Waals surface area contributed by atoms with Gasteiger partial charge in [-0.3, -0.25) is 4.79 Å². The molecule has 2 rings (SSSR count). The topological polar surface area (TPSA) is 29.1 Å². The number of benzene rings is 2. The number of carbonyl (C=O) groups is 1. The van der Waals surface area contributed by atoms with Gasteiger partial charge in [0.2, 0.25) is 0 Å². The fourth-order valence-electron chi connectivity index (χ4n) is 1.90. The maximum atomic E-state index is 13.5. The molecule has 0 saturated heterocycles. The highest BCUT2D eigenvalue weighted by Gasteiger charge is 2.15. The lowest BCUT2D eigenvalue weighted by Gasteiger charge is -2.10. The van der Waals surface area contributed by atoms with E-state index in [1.54, 1.807) is 12.1 Å². The first-order chi connectivity index (χ1) is 9.40. The summed E-state index contributed by atoms with van der Waals surface area (Å²) in [5, 5.41) is 2.57. The fourth-order valence-corrected chi connectivity index (χ4v) is 2.12. The van der Waals surface area contributed by atoms with Gasteiger partial charge < -0.3 is 5.32 Å². The van der Waals surface area contributed by atoms with E-state index in [0.717, 1.165) is 21.7 Å². The van der Waals surface area contributed by atoms with Crippen molar-refractivity contribution in [3.05, 3.63) is 63.1 Å². The molecule has 1 amide bonds. The maximum absolute atomic E-state index is 13.5. The lowest BCUT2D eigenvalue weighted by molar-refractivity contribution is 0.102. The quantitative estimate of drug-likeness (QED) is 0.851. The van der Waals surface area contributed by atoms with Crippen LogP contribution in [0.4, 0.5) is 14.5 Å². The Morgan fingerprint density at radius 2 is 1.75 bits per heavy atom. The van der Waals surface area contributed by atoms with Gasteiger partial charge in [0.25, 0.3) is 5.91 Å². The molecule has 2 nitrogen and oxygen atoms in total. The highest BCUT2D eigenvalue weighted by Crippen LogP contribution is 2.25. The molecule has 0 fully saturated rings. The molecule has 0 bridgehead atoms. The van der Waals surface area contributed by atoms with Gasteiger partial charge in [0.05, 0.1) is 5.56 Å². The van der Waals surface area contributed by atoms with Crippen LogP contribution < -0.4 is 5.32 Å². The van der Waals surface area contributed by atoms with Gasteiger partial charge in [-0.05, 0) is 49.2 Å². The van der Waals surface area contributed by atoms with Crippen LogP contribution >= 0.6 is 15.9 Å². The molecule has 5 heteroatoms. The van der Waals surface area contributed by atoms with Crippen LogP contribution in [0.1, 0.15) is 21.5 Å². The molecule has 2 aromatic rings. The fraction of sp³-hybridized carbons (Fsp3) is 0.133. The SMILES string of the molecule is Cc1cc(NC(=O)c2cccc(F)c2F)cc(C)c1Br. The number of rotatable bonds is 2. The number of amides is 1. The third-order valence-corrected chi connectivity index (χ3v) is 4.14. The monoisotopic (exact) mass is 339 g/mol. The van der Waals surface area contributed by atoms with Crippen LogP contribution in [-0.4, -0.2) is 5.91 Å². The highest BCUT2D eigenvalue weighted by atomic mass is 79.9. The standard InChI is InChI=1S/C15H12BrF2NO/c1-8-6-10(7-9(2)13(8)16)19-15(20)11-4-3-5-12(17)14(11)18/h3-7H,1-2H3,(H,19,20). The van der Waals surface area contributed by atoms with E-state index in [2.05, 4.69) is 21.2 Å². The van der Waals surface area contributed by atoms with Crippen LogP contribution in [0.25, 0.3) is 0 Å². The summed E-state index contributed by atoms with van der Waals surface area (Å²) >= 11 is 3.42. The van der Waals surface area contributed by atoms with Gasteiger partial charge in [-0.2, -0.15) is 0 Å². The van der Waals surface area contributed by atoms with Crippen LogP contribution in [0, 0.1) is 25.5 Å². The molecule has 2 aromatic carbocycles. The number of carbonyl (C=O) groups excluding carboxylic acids is 1. The average molecular weight is 340 g/mol. The van der Waals surface area contributed by atoms with Crippen LogP contribution in [0.3, 0.4) is 0 Å². The second-order valence-corrected chi connectivity index (χ2v) is 5.27. The van der Waals surface area contributed by atoms with E-state index < -0.39 is 17.5 Å². The summed E-state index contributed by atoms with van der Waals surface area (Å²) in [5.74, 6) is -2.86. The molecule has 1 N–H and O–H groups in total. The lowest BCUT2D eigenvalue weighted by atomic mass is 10.1. The summed E-state index contributed by atoms with van der Waals surface area (Å²) in [5.41, 5.74) is 2.11. The Morgan fingerprint density at radius 1 is 1.15 bits per heavy atom. The molecule has 104 valence electrons. The van der Waals surface area contributed by atoms with Crippen LogP contribution in [0.2, 0.25) is 0 Å². The van der Waals surface area contributed by atoms with Crippen molar-refractivity contribution in [1.82, 2.24) is 0 Å². The normalized spacial score (nSPS) is 10.4. The summed E-state index contributed by atoms with van der Waals surface area (Å²) in [6.45, 7) is 3.77. The Bertz CT molecular complexity index is 663. The summed E-state index contributed by atoms with van der Waals surface area (Å²) in [6.07, 6.45) is 0. The molecule has 0 atom stereocenters. The van der Waals surface area contributed by atoms with Gasteiger partial charge in [0.1, 0.15) is 0 Å². The lowest BCUT2D eigenvalue weighted by Crippen LogP contribution is -2.14. The Morgan fingerprint density at radius 3 is 2.35 bits per heavy atom. The van der Waals surface area contributed by atoms with E-state index in [1.807, 2.05) is 13.8 Å². The zero-order chi connectivity index (χ0) is 14.9. The Hall–Kier alpha value is -1.75. The van der Waals surface area contributed by atoms with Crippen molar-refractivity contribution in [3.63, 3.8) is 0 Å². The molecular weight excluding hydrogens is 328 g/mol. The molecular formula is C15H12BrF2NO. The minimum Gasteiger partial charge on any atom is -0.322 e. The number of aryl methyl sites for hydroxylation is 2. The second kappa shape index (κ2) is 5.71. The molecule has 0 aliphatic rings. The van der Waals surface area contributed by atoms with Gasteiger partial charge in [-0.15, -0.1) is 0 Å². The average Bonchev–Trinajstić information content (AvgIpc) is 2.39. The first-order valence-electron chi connectivity index (χ1n) is 5.92. The Labute approximate surface area is 123 Å². The molecule has 0 unspecified atom stereocenters. The van der Waals surface area contributed by atoms with Crippen LogP contribution in [0.15, 0.2) is 34.8 Å². The molecule has 20 heavy (non-hydrogen) atoms. The minimum atomic E-state index is -1.14. The third-order valence-electron chi connectivity index (χ3n) is 2.89. The number of nitrogens with one attached hydrogen (secondary N) is 1. The third kappa shape index (κ3) is 2.88. The predicted octanol–water partition coefficient (Wildman–Crippen LogP) is 4.60. The van der Waals surface area contributed by atoms with E-state index in [0.29, 0.717) is 5.69 Å². The molecule has 0 spiro atoms. The molecule has 0 aromatic heterocycles. The summed E-state index contributed by atoms with van der Waals surface area (Å²) in [7, 11) is 0. The Balaban J connectivity index is 2.30. The van der Waals surface area contributed by atoms with Crippen LogP contribution in [-0.2, 0) is 0 Å². The van der Waals surface area contributed by atoms with Crippen molar-refractivity contribution in [2.24, 2.45) is 0 Å². The van der Waals surface area contributed by atoms with E-state index in [9.17, 15) is 13.6 Å². The first-order valence-corrected chi connectivity index (χ1v) is 6.71. The van der Waals surface area contributed by atoms with Gasteiger partial charge in [0.15, 0.2) is 11.6 Å². The minimum absolute atomic E-state index is 0.316. The highest BCUT2D eigenvalue weighted by molar-refractivity contribution is 9.10. The smallest absolute Gasteiger partial charge is 0.258 e. The molecule has 0 aliphatic heterocycles. The molecule has 0 aliphatic carbocycles. The number of anilines is 1.